The third-order valence-electron chi connectivity index (χ3n) is 1.68. The Morgan fingerprint density at radius 1 is 1.06 bits per heavy atom. The van der Waals surface area contributed by atoms with Crippen molar-refractivity contribution in [2.45, 2.75) is 40.2 Å². The molecule has 1 unspecified atom stereocenters. The minimum absolute atomic E-state index is 0.262. The summed E-state index contributed by atoms with van der Waals surface area (Å²) in [4.78, 5) is 40.0. The Balaban J connectivity index is 0. The van der Waals surface area contributed by atoms with Gasteiger partial charge in [-0.25, -0.2) is 9.59 Å². The van der Waals surface area contributed by atoms with Crippen molar-refractivity contribution in [1.29, 1.82) is 0 Å². The van der Waals surface area contributed by atoms with Crippen LogP contribution in [0.3, 0.4) is 0 Å². The third kappa shape index (κ3) is 12.2. The molecule has 0 saturated carbocycles. The van der Waals surface area contributed by atoms with Crippen molar-refractivity contribution in [2.24, 2.45) is 5.92 Å². The normalized spacial score (nSPS) is 10.9. The van der Waals surface area contributed by atoms with Crippen LogP contribution < -0.4 is 5.32 Å². The number of carbonyl (C=O) groups is 4. The Bertz CT molecular complexity index is 311. The zero-order valence-corrected chi connectivity index (χ0v) is 10.9. The molecule has 0 spiro atoms. The van der Waals surface area contributed by atoms with Crippen LogP contribution in [-0.4, -0.2) is 39.9 Å². The highest BCUT2D eigenvalue weighted by Crippen LogP contribution is 2.04. The molecule has 0 aliphatic carbocycles. The van der Waals surface area contributed by atoms with Crippen LogP contribution >= 0.6 is 0 Å². The average molecular weight is 261 g/mol. The zero-order chi connectivity index (χ0) is 14.9. The topological polar surface area (TPSA) is 121 Å². The summed E-state index contributed by atoms with van der Waals surface area (Å²) >= 11 is 0. The SMILES string of the molecule is CC(=O)C(=O)O.CC(=O)NC(CC(C)C)C(=O)O. The number of Topliss-reactive ketones (excluding diaryl/α,β-unsaturated/α-hetero) is 1. The van der Waals surface area contributed by atoms with E-state index in [1.807, 2.05) is 13.8 Å². The number of carboxylic acid groups (broad SMARTS) is 2. The summed E-state index contributed by atoms with van der Waals surface area (Å²) in [6, 6.07) is -0.748. The Labute approximate surface area is 105 Å². The van der Waals surface area contributed by atoms with Crippen molar-refractivity contribution in [2.75, 3.05) is 0 Å². The van der Waals surface area contributed by atoms with E-state index in [0.717, 1.165) is 6.92 Å². The minimum Gasteiger partial charge on any atom is -0.480 e. The van der Waals surface area contributed by atoms with Gasteiger partial charge in [0, 0.05) is 13.8 Å². The van der Waals surface area contributed by atoms with Gasteiger partial charge in [-0.2, -0.15) is 0 Å². The van der Waals surface area contributed by atoms with Gasteiger partial charge >= 0.3 is 11.9 Å². The second-order valence-corrected chi connectivity index (χ2v) is 4.08. The van der Waals surface area contributed by atoms with Gasteiger partial charge in [0.05, 0.1) is 0 Å². The van der Waals surface area contributed by atoms with Crippen molar-refractivity contribution >= 4 is 23.6 Å². The first-order valence-electron chi connectivity index (χ1n) is 5.31. The molecule has 7 nitrogen and oxygen atoms in total. The van der Waals surface area contributed by atoms with Crippen molar-refractivity contribution in [1.82, 2.24) is 5.32 Å². The van der Waals surface area contributed by atoms with Crippen molar-refractivity contribution < 1.29 is 29.4 Å². The predicted octanol–water partition coefficient (Wildman–Crippen LogP) is 0.282. The van der Waals surface area contributed by atoms with E-state index in [1.165, 1.54) is 6.92 Å². The molecule has 104 valence electrons. The lowest BCUT2D eigenvalue weighted by Gasteiger charge is -2.14. The van der Waals surface area contributed by atoms with Crippen molar-refractivity contribution in [3.8, 4) is 0 Å². The van der Waals surface area contributed by atoms with Gasteiger partial charge < -0.3 is 15.5 Å². The van der Waals surface area contributed by atoms with Gasteiger partial charge in [-0.3, -0.25) is 9.59 Å². The van der Waals surface area contributed by atoms with E-state index < -0.39 is 23.8 Å². The summed E-state index contributed by atoms with van der Waals surface area (Å²) in [5.41, 5.74) is 0. The van der Waals surface area contributed by atoms with Crippen LogP contribution in [0.15, 0.2) is 0 Å². The highest BCUT2D eigenvalue weighted by atomic mass is 16.4. The molecule has 0 aliphatic heterocycles. The number of rotatable bonds is 5. The molecule has 0 radical (unpaired) electrons. The van der Waals surface area contributed by atoms with E-state index in [1.54, 1.807) is 0 Å². The lowest BCUT2D eigenvalue weighted by atomic mass is 10.0. The number of aliphatic carboxylic acids is 2. The fourth-order valence-electron chi connectivity index (χ4n) is 0.938. The maximum atomic E-state index is 10.6. The lowest BCUT2D eigenvalue weighted by molar-refractivity contribution is -0.148. The Kier molecular flexibility index (Phi) is 9.37. The molecule has 7 heteroatoms. The van der Waals surface area contributed by atoms with Crippen LogP contribution in [0.5, 0.6) is 0 Å². The molecule has 0 fully saturated rings. The van der Waals surface area contributed by atoms with Gasteiger partial charge in [-0.1, -0.05) is 13.8 Å². The first kappa shape index (κ1) is 18.4. The number of amides is 1. The predicted molar refractivity (Wildman–Crippen MR) is 63.0 cm³/mol. The van der Waals surface area contributed by atoms with Gasteiger partial charge in [-0.15, -0.1) is 0 Å². The van der Waals surface area contributed by atoms with Crippen LogP contribution in [0.2, 0.25) is 0 Å². The minimum atomic E-state index is -1.38. The molecule has 0 aromatic rings. The molecule has 0 saturated heterocycles. The summed E-state index contributed by atoms with van der Waals surface area (Å²) in [5.74, 6) is -3.22. The van der Waals surface area contributed by atoms with Gasteiger partial charge in [0.25, 0.3) is 0 Å². The molecule has 1 amide bonds. The standard InChI is InChI=1S/C8H15NO3.C3H4O3/c1-5(2)4-7(8(11)12)9-6(3)10;1-2(4)3(5)6/h5,7H,4H2,1-3H3,(H,9,10)(H,11,12);1H3,(H,5,6). The van der Waals surface area contributed by atoms with Crippen molar-refractivity contribution in [3.05, 3.63) is 0 Å². The third-order valence-corrected chi connectivity index (χ3v) is 1.68. The van der Waals surface area contributed by atoms with E-state index >= 15 is 0 Å². The zero-order valence-electron chi connectivity index (χ0n) is 10.9. The van der Waals surface area contributed by atoms with Crippen LogP contribution in [0.25, 0.3) is 0 Å². The maximum absolute atomic E-state index is 10.6. The van der Waals surface area contributed by atoms with Gasteiger partial charge in [0.15, 0.2) is 0 Å². The molecule has 18 heavy (non-hydrogen) atoms. The number of carboxylic acids is 2. The number of ketones is 1. The fraction of sp³-hybridized carbons (Fsp3) is 0.636. The smallest absolute Gasteiger partial charge is 0.371 e. The second kappa shape index (κ2) is 9.15. The molecule has 0 aromatic carbocycles. The van der Waals surface area contributed by atoms with Crippen LogP contribution in [-0.2, 0) is 19.2 Å². The highest BCUT2D eigenvalue weighted by Gasteiger charge is 2.18. The Hall–Kier alpha value is -1.92. The van der Waals surface area contributed by atoms with E-state index in [9.17, 15) is 19.2 Å². The molecule has 3 N–H and O–H groups in total. The van der Waals surface area contributed by atoms with Gasteiger partial charge in [0.2, 0.25) is 11.7 Å². The average Bonchev–Trinajstić information content (AvgIpc) is 2.15. The quantitative estimate of drug-likeness (QED) is 0.611. The van der Waals surface area contributed by atoms with Crippen LogP contribution in [0.1, 0.15) is 34.1 Å². The van der Waals surface area contributed by atoms with Gasteiger partial charge in [0.1, 0.15) is 6.04 Å². The molecular weight excluding hydrogens is 242 g/mol. The highest BCUT2D eigenvalue weighted by molar-refractivity contribution is 6.31. The van der Waals surface area contributed by atoms with Crippen molar-refractivity contribution in [3.63, 3.8) is 0 Å². The van der Waals surface area contributed by atoms with Crippen LogP contribution in [0, 0.1) is 5.92 Å². The Morgan fingerprint density at radius 3 is 1.61 bits per heavy atom. The molecule has 0 aliphatic rings. The first-order valence-corrected chi connectivity index (χ1v) is 5.31. The number of carbonyl (C=O) groups excluding carboxylic acids is 2. The lowest BCUT2D eigenvalue weighted by Crippen LogP contribution is -2.40. The molecular formula is C11H19NO6. The summed E-state index contributed by atoms with van der Waals surface area (Å²) in [5, 5.41) is 18.7. The maximum Gasteiger partial charge on any atom is 0.371 e. The molecule has 1 atom stereocenters. The first-order chi connectivity index (χ1) is 8.07. The summed E-state index contributed by atoms with van der Waals surface area (Å²) in [7, 11) is 0. The molecule has 0 rings (SSSR count). The summed E-state index contributed by atoms with van der Waals surface area (Å²) < 4.78 is 0. The summed E-state index contributed by atoms with van der Waals surface area (Å²) in [6.45, 7) is 6.15. The van der Waals surface area contributed by atoms with E-state index in [4.69, 9.17) is 10.2 Å². The molecule has 0 aromatic heterocycles. The van der Waals surface area contributed by atoms with E-state index in [0.29, 0.717) is 6.42 Å². The Morgan fingerprint density at radius 2 is 1.44 bits per heavy atom. The van der Waals surface area contributed by atoms with Gasteiger partial charge in [-0.05, 0) is 12.3 Å². The largest absolute Gasteiger partial charge is 0.480 e. The fourth-order valence-corrected chi connectivity index (χ4v) is 0.938. The number of hydrogen-bond acceptors (Lipinski definition) is 4. The molecule has 0 heterocycles. The van der Waals surface area contributed by atoms with Crippen LogP contribution in [0.4, 0.5) is 0 Å². The second-order valence-electron chi connectivity index (χ2n) is 4.08. The number of nitrogens with one attached hydrogen (secondary N) is 1. The molecule has 0 bridgehead atoms. The monoisotopic (exact) mass is 261 g/mol. The number of hydrogen-bond donors (Lipinski definition) is 3. The van der Waals surface area contributed by atoms with E-state index in [-0.39, 0.29) is 11.8 Å². The summed E-state index contributed by atoms with van der Waals surface area (Å²) in [6.07, 6.45) is 0.467. The van der Waals surface area contributed by atoms with E-state index in [2.05, 4.69) is 5.32 Å².